The van der Waals surface area contributed by atoms with Crippen LogP contribution >= 0.6 is 0 Å². The number of halogens is 5. The van der Waals surface area contributed by atoms with E-state index in [1.165, 1.54) is 31.7 Å². The number of rotatable bonds is 8. The highest BCUT2D eigenvalue weighted by Crippen LogP contribution is 2.40. The number of ether oxygens (including phenoxy) is 1. The lowest BCUT2D eigenvalue weighted by Gasteiger charge is -2.29. The molecule has 0 spiro atoms. The van der Waals surface area contributed by atoms with Gasteiger partial charge in [0.2, 0.25) is 0 Å². The Bertz CT molecular complexity index is 843. The zero-order chi connectivity index (χ0) is 21.7. The second-order valence-corrected chi connectivity index (χ2v) is 8.15. The Hall–Kier alpha value is -2.11. The van der Waals surface area contributed by atoms with Gasteiger partial charge in [-0.1, -0.05) is 38.7 Å². The number of benzene rings is 2. The van der Waals surface area contributed by atoms with Crippen LogP contribution in [0.25, 0.3) is 0 Å². The molecule has 0 atom stereocenters. The first-order valence-electron chi connectivity index (χ1n) is 10.6. The summed E-state index contributed by atoms with van der Waals surface area (Å²) in [6.45, 7) is 2.18. The van der Waals surface area contributed by atoms with Gasteiger partial charge in [-0.05, 0) is 67.3 Å². The van der Waals surface area contributed by atoms with Gasteiger partial charge in [0.1, 0.15) is 11.6 Å². The SMILES string of the molecule is CCCCCC1CCC(c2ccc(C(F)(F)Oc3ccc(F)c(F)c3)c(F)c2)CC1. The summed E-state index contributed by atoms with van der Waals surface area (Å²) in [4.78, 5) is 0. The molecule has 1 fully saturated rings. The van der Waals surface area contributed by atoms with Crippen LogP contribution in [0.3, 0.4) is 0 Å². The van der Waals surface area contributed by atoms with Crippen molar-refractivity contribution in [3.05, 3.63) is 65.0 Å². The fourth-order valence-electron chi connectivity index (χ4n) is 4.23. The summed E-state index contributed by atoms with van der Waals surface area (Å²) in [6.07, 6.45) is 4.90. The van der Waals surface area contributed by atoms with Crippen LogP contribution in [-0.4, -0.2) is 0 Å². The third-order valence-electron chi connectivity index (χ3n) is 5.98. The van der Waals surface area contributed by atoms with Crippen molar-refractivity contribution >= 4 is 0 Å². The van der Waals surface area contributed by atoms with E-state index in [-0.39, 0.29) is 5.92 Å². The molecule has 0 aliphatic heterocycles. The van der Waals surface area contributed by atoms with E-state index in [1.54, 1.807) is 0 Å². The van der Waals surface area contributed by atoms with Gasteiger partial charge in [-0.15, -0.1) is 0 Å². The van der Waals surface area contributed by atoms with Crippen molar-refractivity contribution in [1.29, 1.82) is 0 Å². The molecule has 1 aliphatic carbocycles. The van der Waals surface area contributed by atoms with E-state index < -0.39 is 34.9 Å². The quantitative estimate of drug-likeness (QED) is 0.306. The van der Waals surface area contributed by atoms with Crippen LogP contribution in [0.4, 0.5) is 22.0 Å². The minimum Gasteiger partial charge on any atom is -0.429 e. The summed E-state index contributed by atoms with van der Waals surface area (Å²) in [5.41, 5.74) is -0.212. The number of hydrogen-bond donors (Lipinski definition) is 0. The molecule has 164 valence electrons. The Morgan fingerprint density at radius 1 is 0.867 bits per heavy atom. The van der Waals surface area contributed by atoms with Crippen molar-refractivity contribution in [2.24, 2.45) is 5.92 Å². The summed E-state index contributed by atoms with van der Waals surface area (Å²) < 4.78 is 74.1. The molecule has 2 aromatic carbocycles. The lowest BCUT2D eigenvalue weighted by molar-refractivity contribution is -0.187. The summed E-state index contributed by atoms with van der Waals surface area (Å²) in [5, 5.41) is 0. The van der Waals surface area contributed by atoms with Crippen molar-refractivity contribution in [2.75, 3.05) is 0 Å². The summed E-state index contributed by atoms with van der Waals surface area (Å²) >= 11 is 0. The number of hydrogen-bond acceptors (Lipinski definition) is 1. The molecule has 0 N–H and O–H groups in total. The number of alkyl halides is 2. The van der Waals surface area contributed by atoms with E-state index in [0.29, 0.717) is 23.6 Å². The Labute approximate surface area is 174 Å². The second-order valence-electron chi connectivity index (χ2n) is 8.15. The molecule has 1 nitrogen and oxygen atoms in total. The number of unbranched alkanes of at least 4 members (excludes halogenated alkanes) is 2. The van der Waals surface area contributed by atoms with E-state index in [2.05, 4.69) is 11.7 Å². The molecular weight excluding hydrogens is 399 g/mol. The largest absolute Gasteiger partial charge is 0.429 e. The van der Waals surface area contributed by atoms with Gasteiger partial charge in [0.25, 0.3) is 0 Å². The zero-order valence-corrected chi connectivity index (χ0v) is 17.1. The summed E-state index contributed by atoms with van der Waals surface area (Å²) in [6, 6.07) is 5.76. The maximum Gasteiger partial charge on any atom is 0.429 e. The van der Waals surface area contributed by atoms with Gasteiger partial charge in [-0.3, -0.25) is 0 Å². The third-order valence-corrected chi connectivity index (χ3v) is 5.98. The fraction of sp³-hybridized carbons (Fsp3) is 0.500. The van der Waals surface area contributed by atoms with Crippen LogP contribution in [0.2, 0.25) is 0 Å². The minimum atomic E-state index is -4.01. The standard InChI is InChI=1S/C24H27F5O/c1-2-3-4-5-16-6-8-17(9-7-16)18-10-12-20(22(26)14-18)24(28,29)30-19-11-13-21(25)23(27)15-19/h10-17H,2-9H2,1H3. The Morgan fingerprint density at radius 3 is 2.23 bits per heavy atom. The monoisotopic (exact) mass is 426 g/mol. The molecule has 2 aromatic rings. The van der Waals surface area contributed by atoms with E-state index in [4.69, 9.17) is 0 Å². The lowest BCUT2D eigenvalue weighted by atomic mass is 9.77. The molecule has 0 aromatic heterocycles. The average Bonchev–Trinajstić information content (AvgIpc) is 2.71. The van der Waals surface area contributed by atoms with Crippen LogP contribution in [0.5, 0.6) is 5.75 Å². The van der Waals surface area contributed by atoms with E-state index in [1.807, 2.05) is 0 Å². The lowest BCUT2D eigenvalue weighted by Crippen LogP contribution is -2.24. The van der Waals surface area contributed by atoms with Gasteiger partial charge in [0.05, 0.1) is 5.56 Å². The van der Waals surface area contributed by atoms with Gasteiger partial charge < -0.3 is 4.74 Å². The van der Waals surface area contributed by atoms with E-state index >= 15 is 0 Å². The molecule has 0 heterocycles. The molecule has 6 heteroatoms. The average molecular weight is 426 g/mol. The fourth-order valence-corrected chi connectivity index (χ4v) is 4.23. The van der Waals surface area contributed by atoms with Gasteiger partial charge in [-0.2, -0.15) is 8.78 Å². The molecule has 0 saturated heterocycles. The Kier molecular flexibility index (Phi) is 7.37. The highest BCUT2D eigenvalue weighted by atomic mass is 19.3. The topological polar surface area (TPSA) is 9.23 Å². The van der Waals surface area contributed by atoms with Crippen LogP contribution in [0.15, 0.2) is 36.4 Å². The van der Waals surface area contributed by atoms with E-state index in [0.717, 1.165) is 43.9 Å². The predicted molar refractivity (Wildman–Crippen MR) is 106 cm³/mol. The highest BCUT2D eigenvalue weighted by molar-refractivity contribution is 5.31. The van der Waals surface area contributed by atoms with Crippen LogP contribution in [0, 0.1) is 23.4 Å². The maximum atomic E-state index is 14.5. The molecule has 1 saturated carbocycles. The van der Waals surface area contributed by atoms with Crippen molar-refractivity contribution in [2.45, 2.75) is 70.3 Å². The molecule has 30 heavy (non-hydrogen) atoms. The maximum absolute atomic E-state index is 14.5. The zero-order valence-electron chi connectivity index (χ0n) is 17.1. The van der Waals surface area contributed by atoms with Gasteiger partial charge >= 0.3 is 6.11 Å². The predicted octanol–water partition coefficient (Wildman–Crippen LogP) is 8.09. The van der Waals surface area contributed by atoms with Crippen LogP contribution in [0.1, 0.15) is 75.3 Å². The van der Waals surface area contributed by atoms with Crippen molar-refractivity contribution in [3.8, 4) is 5.75 Å². The minimum absolute atomic E-state index is 0.164. The van der Waals surface area contributed by atoms with Gasteiger partial charge in [-0.25, -0.2) is 13.2 Å². The third kappa shape index (κ3) is 5.52. The van der Waals surface area contributed by atoms with Crippen molar-refractivity contribution in [1.82, 2.24) is 0 Å². The van der Waals surface area contributed by atoms with Crippen molar-refractivity contribution < 1.29 is 26.7 Å². The molecule has 0 unspecified atom stereocenters. The Balaban J connectivity index is 1.65. The normalized spacial score (nSPS) is 19.7. The van der Waals surface area contributed by atoms with Gasteiger partial charge in [0.15, 0.2) is 11.6 Å². The molecule has 0 amide bonds. The van der Waals surface area contributed by atoms with Crippen LogP contribution < -0.4 is 4.74 Å². The second kappa shape index (κ2) is 9.80. The molecule has 1 aliphatic rings. The van der Waals surface area contributed by atoms with E-state index in [9.17, 15) is 22.0 Å². The van der Waals surface area contributed by atoms with Crippen molar-refractivity contribution in [3.63, 3.8) is 0 Å². The van der Waals surface area contributed by atoms with Gasteiger partial charge in [0, 0.05) is 6.07 Å². The summed E-state index contributed by atoms with van der Waals surface area (Å²) in [7, 11) is 0. The molecule has 0 radical (unpaired) electrons. The van der Waals surface area contributed by atoms with Crippen LogP contribution in [-0.2, 0) is 6.11 Å². The Morgan fingerprint density at radius 2 is 1.60 bits per heavy atom. The first-order valence-corrected chi connectivity index (χ1v) is 10.6. The molecule has 3 rings (SSSR count). The smallest absolute Gasteiger partial charge is 0.429 e. The first-order chi connectivity index (χ1) is 14.3. The molecule has 0 bridgehead atoms. The highest BCUT2D eigenvalue weighted by Gasteiger charge is 2.38. The first kappa shape index (κ1) is 22.6. The summed E-state index contributed by atoms with van der Waals surface area (Å²) in [5.74, 6) is -3.28. The molecular formula is C24H27F5O.